The molecule has 1 aromatic rings. The summed E-state index contributed by atoms with van der Waals surface area (Å²) in [6.07, 6.45) is 0. The van der Waals surface area contributed by atoms with Gasteiger partial charge in [0.1, 0.15) is 5.82 Å². The molecule has 0 saturated carbocycles. The van der Waals surface area contributed by atoms with Crippen LogP contribution in [0.5, 0.6) is 0 Å². The maximum Gasteiger partial charge on any atom is 0.315 e. The first kappa shape index (κ1) is 15.5. The predicted octanol–water partition coefficient (Wildman–Crippen LogP) is 2.37. The third-order valence-electron chi connectivity index (χ3n) is 2.21. The second-order valence-electron chi connectivity index (χ2n) is 3.81. The summed E-state index contributed by atoms with van der Waals surface area (Å²) in [5, 5.41) is 2.56. The zero-order valence-electron chi connectivity index (χ0n) is 10.9. The summed E-state index contributed by atoms with van der Waals surface area (Å²) in [6.45, 7) is 3.70. The highest BCUT2D eigenvalue weighted by molar-refractivity contribution is 8.00. The van der Waals surface area contributed by atoms with Crippen LogP contribution in [0.2, 0.25) is 0 Å². The largest absolute Gasteiger partial charge is 0.465 e. The Morgan fingerprint density at radius 1 is 1.37 bits per heavy atom. The lowest BCUT2D eigenvalue weighted by atomic mass is 10.2. The summed E-state index contributed by atoms with van der Waals surface area (Å²) in [6, 6.07) is 4.49. The lowest BCUT2D eigenvalue weighted by Gasteiger charge is -2.06. The molecular formula is C13H16FNO3S. The molecule has 0 unspecified atom stereocenters. The zero-order chi connectivity index (χ0) is 14.3. The van der Waals surface area contributed by atoms with Gasteiger partial charge in [-0.3, -0.25) is 9.59 Å². The first-order valence-corrected chi connectivity index (χ1v) is 6.97. The summed E-state index contributed by atoms with van der Waals surface area (Å²) >= 11 is 1.16. The minimum absolute atomic E-state index is 0.119. The number of hydrogen-bond donors (Lipinski definition) is 1. The number of esters is 1. The van der Waals surface area contributed by atoms with Crippen molar-refractivity contribution < 1.29 is 18.7 Å². The van der Waals surface area contributed by atoms with Crippen molar-refractivity contribution >= 4 is 29.3 Å². The summed E-state index contributed by atoms with van der Waals surface area (Å²) < 4.78 is 18.0. The number of benzene rings is 1. The van der Waals surface area contributed by atoms with Gasteiger partial charge in [0.15, 0.2) is 0 Å². The Hall–Kier alpha value is -1.56. The molecule has 0 aromatic heterocycles. The van der Waals surface area contributed by atoms with Crippen molar-refractivity contribution in [3.05, 3.63) is 29.6 Å². The number of anilines is 1. The van der Waals surface area contributed by atoms with Crippen LogP contribution in [-0.2, 0) is 14.3 Å². The highest BCUT2D eigenvalue weighted by atomic mass is 32.2. The van der Waals surface area contributed by atoms with E-state index in [0.717, 1.165) is 11.8 Å². The number of nitrogens with one attached hydrogen (secondary N) is 1. The smallest absolute Gasteiger partial charge is 0.315 e. The van der Waals surface area contributed by atoms with Gasteiger partial charge in [-0.2, -0.15) is 0 Å². The molecule has 0 aliphatic rings. The van der Waals surface area contributed by atoms with E-state index in [9.17, 15) is 14.0 Å². The van der Waals surface area contributed by atoms with Crippen LogP contribution in [0, 0.1) is 12.7 Å². The van der Waals surface area contributed by atoms with Crippen LogP contribution < -0.4 is 5.32 Å². The fourth-order valence-electron chi connectivity index (χ4n) is 1.30. The molecule has 4 nitrogen and oxygen atoms in total. The average Bonchev–Trinajstić information content (AvgIpc) is 2.34. The van der Waals surface area contributed by atoms with Gasteiger partial charge in [0.25, 0.3) is 0 Å². The van der Waals surface area contributed by atoms with Crippen molar-refractivity contribution in [3.8, 4) is 0 Å². The van der Waals surface area contributed by atoms with Gasteiger partial charge < -0.3 is 10.1 Å². The Morgan fingerprint density at radius 2 is 2.11 bits per heavy atom. The lowest BCUT2D eigenvalue weighted by Crippen LogP contribution is -2.16. The van der Waals surface area contributed by atoms with Crippen molar-refractivity contribution in [1.29, 1.82) is 0 Å². The molecule has 0 atom stereocenters. The summed E-state index contributed by atoms with van der Waals surface area (Å²) in [5.74, 6) is -0.742. The molecule has 0 aliphatic heterocycles. The fraction of sp³-hybridized carbons (Fsp3) is 0.385. The summed E-state index contributed by atoms with van der Waals surface area (Å²) in [7, 11) is 0. The van der Waals surface area contributed by atoms with E-state index >= 15 is 0 Å². The number of halogens is 1. The molecule has 1 rings (SSSR count). The molecule has 1 aromatic carbocycles. The number of carbonyl (C=O) groups excluding carboxylic acids is 2. The zero-order valence-corrected chi connectivity index (χ0v) is 11.7. The van der Waals surface area contributed by atoms with Gasteiger partial charge >= 0.3 is 5.97 Å². The van der Waals surface area contributed by atoms with Crippen LogP contribution in [0.15, 0.2) is 18.2 Å². The number of rotatable bonds is 6. The van der Waals surface area contributed by atoms with E-state index in [1.807, 2.05) is 0 Å². The Balaban J connectivity index is 2.35. The molecule has 0 aliphatic carbocycles. The van der Waals surface area contributed by atoms with E-state index < -0.39 is 0 Å². The Kier molecular flexibility index (Phi) is 6.35. The van der Waals surface area contributed by atoms with Crippen molar-refractivity contribution in [2.45, 2.75) is 13.8 Å². The van der Waals surface area contributed by atoms with E-state index in [1.54, 1.807) is 26.0 Å². The monoisotopic (exact) mass is 285 g/mol. The first-order valence-electron chi connectivity index (χ1n) is 5.82. The molecule has 19 heavy (non-hydrogen) atoms. The molecule has 1 amide bonds. The number of aryl methyl sites for hydroxylation is 1. The Labute approximate surface area is 115 Å². The third kappa shape index (κ3) is 5.74. The fourth-order valence-corrected chi connectivity index (χ4v) is 1.91. The standard InChI is InChI=1S/C13H16FNO3S/c1-3-18-13(17)8-19-7-12(16)15-10-5-4-9(2)11(14)6-10/h4-6H,3,7-8H2,1-2H3,(H,15,16). The highest BCUT2D eigenvalue weighted by Crippen LogP contribution is 2.14. The molecule has 0 heterocycles. The summed E-state index contributed by atoms with van der Waals surface area (Å²) in [5.41, 5.74) is 0.930. The second-order valence-corrected chi connectivity index (χ2v) is 4.80. The molecule has 0 fully saturated rings. The number of ether oxygens (including phenoxy) is 1. The molecule has 6 heteroatoms. The van der Waals surface area contributed by atoms with Crippen molar-refractivity contribution in [2.24, 2.45) is 0 Å². The molecule has 0 bridgehead atoms. The normalized spacial score (nSPS) is 10.1. The molecule has 0 saturated heterocycles. The maximum absolute atomic E-state index is 13.3. The minimum atomic E-state index is -0.364. The molecule has 0 spiro atoms. The van der Waals surface area contributed by atoms with Crippen molar-refractivity contribution in [1.82, 2.24) is 0 Å². The van der Waals surface area contributed by atoms with Gasteiger partial charge in [0.2, 0.25) is 5.91 Å². The number of carbonyl (C=O) groups is 2. The maximum atomic E-state index is 13.3. The SMILES string of the molecule is CCOC(=O)CSCC(=O)Nc1ccc(C)c(F)c1. The van der Waals surface area contributed by atoms with Crippen LogP contribution in [0.1, 0.15) is 12.5 Å². The topological polar surface area (TPSA) is 55.4 Å². The van der Waals surface area contributed by atoms with Gasteiger partial charge in [-0.1, -0.05) is 6.07 Å². The minimum Gasteiger partial charge on any atom is -0.465 e. The van der Waals surface area contributed by atoms with Crippen LogP contribution >= 0.6 is 11.8 Å². The van der Waals surface area contributed by atoms with Gasteiger partial charge in [0.05, 0.1) is 18.1 Å². The molecule has 1 N–H and O–H groups in total. The average molecular weight is 285 g/mol. The molecule has 104 valence electrons. The van der Waals surface area contributed by atoms with E-state index in [2.05, 4.69) is 5.32 Å². The van der Waals surface area contributed by atoms with E-state index in [1.165, 1.54) is 6.07 Å². The predicted molar refractivity (Wildman–Crippen MR) is 73.7 cm³/mol. The van der Waals surface area contributed by atoms with Gasteiger partial charge in [-0.15, -0.1) is 11.8 Å². The van der Waals surface area contributed by atoms with Crippen molar-refractivity contribution in [2.75, 3.05) is 23.4 Å². The lowest BCUT2D eigenvalue weighted by molar-refractivity contribution is -0.139. The van der Waals surface area contributed by atoms with Gasteiger partial charge in [0, 0.05) is 5.69 Å². The second kappa shape index (κ2) is 7.78. The third-order valence-corrected chi connectivity index (χ3v) is 3.12. The van der Waals surface area contributed by atoms with E-state index in [4.69, 9.17) is 4.74 Å². The quantitative estimate of drug-likeness (QED) is 0.815. The summed E-state index contributed by atoms with van der Waals surface area (Å²) in [4.78, 5) is 22.6. The highest BCUT2D eigenvalue weighted by Gasteiger charge is 2.07. The molecule has 0 radical (unpaired) electrons. The first-order chi connectivity index (χ1) is 9.02. The van der Waals surface area contributed by atoms with Crippen LogP contribution in [-0.4, -0.2) is 30.0 Å². The Morgan fingerprint density at radius 3 is 2.74 bits per heavy atom. The van der Waals surface area contributed by atoms with Crippen LogP contribution in [0.3, 0.4) is 0 Å². The van der Waals surface area contributed by atoms with Crippen LogP contribution in [0.25, 0.3) is 0 Å². The van der Waals surface area contributed by atoms with Gasteiger partial charge in [-0.05, 0) is 31.5 Å². The molecular weight excluding hydrogens is 269 g/mol. The van der Waals surface area contributed by atoms with E-state index in [-0.39, 0.29) is 29.2 Å². The number of thioether (sulfide) groups is 1. The Bertz CT molecular complexity index is 465. The van der Waals surface area contributed by atoms with Gasteiger partial charge in [-0.25, -0.2) is 4.39 Å². The number of hydrogen-bond acceptors (Lipinski definition) is 4. The van der Waals surface area contributed by atoms with E-state index in [0.29, 0.717) is 17.9 Å². The van der Waals surface area contributed by atoms with Crippen LogP contribution in [0.4, 0.5) is 10.1 Å². The number of amides is 1. The van der Waals surface area contributed by atoms with Crippen molar-refractivity contribution in [3.63, 3.8) is 0 Å².